The molecular weight excluding hydrogens is 290 g/mol. The van der Waals surface area contributed by atoms with Crippen molar-refractivity contribution in [2.75, 3.05) is 19.0 Å². The van der Waals surface area contributed by atoms with Gasteiger partial charge in [0.25, 0.3) is 0 Å². The fourth-order valence-electron chi connectivity index (χ4n) is 2.00. The lowest BCUT2D eigenvalue weighted by atomic mass is 10.0. The van der Waals surface area contributed by atoms with Crippen LogP contribution in [0.5, 0.6) is 5.75 Å². The lowest BCUT2D eigenvalue weighted by Crippen LogP contribution is -2.15. The summed E-state index contributed by atoms with van der Waals surface area (Å²) in [6, 6.07) is 14.3. The second-order valence-electron chi connectivity index (χ2n) is 5.50. The number of carbonyl (C=O) groups excluding carboxylic acids is 2. The molecule has 0 aliphatic heterocycles. The highest BCUT2D eigenvalue weighted by Gasteiger charge is 2.11. The molecule has 0 aromatic heterocycles. The van der Waals surface area contributed by atoms with Crippen molar-refractivity contribution in [3.05, 3.63) is 59.7 Å². The molecule has 0 bridgehead atoms. The zero-order valence-corrected chi connectivity index (χ0v) is 13.6. The van der Waals surface area contributed by atoms with E-state index in [1.54, 1.807) is 43.3 Å². The first-order valence-electron chi connectivity index (χ1n) is 7.57. The van der Waals surface area contributed by atoms with Crippen molar-refractivity contribution in [3.8, 4) is 5.75 Å². The predicted molar refractivity (Wildman–Crippen MR) is 91.2 cm³/mol. The van der Waals surface area contributed by atoms with Gasteiger partial charge < -0.3 is 10.1 Å². The van der Waals surface area contributed by atoms with Gasteiger partial charge in [0.15, 0.2) is 5.78 Å². The van der Waals surface area contributed by atoms with Gasteiger partial charge in [-0.1, -0.05) is 6.92 Å². The van der Waals surface area contributed by atoms with Crippen LogP contribution in [0.4, 0.5) is 5.69 Å². The smallest absolute Gasteiger partial charge is 0.193 e. The van der Waals surface area contributed by atoms with Crippen LogP contribution in [-0.2, 0) is 4.79 Å². The highest BCUT2D eigenvalue weighted by molar-refractivity contribution is 6.09. The summed E-state index contributed by atoms with van der Waals surface area (Å²) in [6.45, 7) is 3.72. The number of Topliss-reactive ketones (excluding diaryl/α,β-unsaturated/α-hetero) is 1. The van der Waals surface area contributed by atoms with Crippen LogP contribution >= 0.6 is 0 Å². The van der Waals surface area contributed by atoms with Crippen molar-refractivity contribution in [2.45, 2.75) is 13.8 Å². The molecule has 1 unspecified atom stereocenters. The van der Waals surface area contributed by atoms with E-state index >= 15 is 0 Å². The Morgan fingerprint density at radius 2 is 1.52 bits per heavy atom. The number of anilines is 1. The Morgan fingerprint density at radius 1 is 1.00 bits per heavy atom. The van der Waals surface area contributed by atoms with Crippen LogP contribution in [-0.4, -0.2) is 25.2 Å². The summed E-state index contributed by atoms with van der Waals surface area (Å²) in [5.74, 6) is 0.584. The molecule has 0 heterocycles. The Bertz CT molecular complexity index is 675. The van der Waals surface area contributed by atoms with Gasteiger partial charge in [0.2, 0.25) is 0 Å². The molecule has 23 heavy (non-hydrogen) atoms. The number of hydrogen-bond donors (Lipinski definition) is 1. The van der Waals surface area contributed by atoms with Crippen molar-refractivity contribution in [2.24, 2.45) is 5.92 Å². The number of rotatable bonds is 7. The first-order chi connectivity index (χ1) is 11.0. The summed E-state index contributed by atoms with van der Waals surface area (Å²) in [6.07, 6.45) is 0. The molecule has 1 atom stereocenters. The molecule has 0 saturated heterocycles. The van der Waals surface area contributed by atoms with Crippen LogP contribution in [0.25, 0.3) is 0 Å². The van der Waals surface area contributed by atoms with Gasteiger partial charge in [-0.3, -0.25) is 9.59 Å². The maximum absolute atomic E-state index is 12.4. The van der Waals surface area contributed by atoms with Gasteiger partial charge in [-0.25, -0.2) is 0 Å². The molecule has 1 N–H and O–H groups in total. The molecule has 120 valence electrons. The first-order valence-corrected chi connectivity index (χ1v) is 7.57. The highest BCUT2D eigenvalue weighted by Crippen LogP contribution is 2.17. The summed E-state index contributed by atoms with van der Waals surface area (Å²) in [5.41, 5.74) is 2.21. The molecule has 4 heteroatoms. The van der Waals surface area contributed by atoms with Crippen molar-refractivity contribution >= 4 is 17.3 Å². The summed E-state index contributed by atoms with van der Waals surface area (Å²) >= 11 is 0. The van der Waals surface area contributed by atoms with E-state index in [1.165, 1.54) is 0 Å². The van der Waals surface area contributed by atoms with Crippen molar-refractivity contribution in [1.82, 2.24) is 0 Å². The third kappa shape index (κ3) is 4.42. The van der Waals surface area contributed by atoms with Crippen molar-refractivity contribution < 1.29 is 14.3 Å². The van der Waals surface area contributed by atoms with Crippen LogP contribution in [0.2, 0.25) is 0 Å². The average Bonchev–Trinajstić information content (AvgIpc) is 2.59. The molecule has 2 aromatic rings. The van der Waals surface area contributed by atoms with E-state index in [4.69, 9.17) is 4.74 Å². The fraction of sp³-hybridized carbons (Fsp3) is 0.263. The zero-order valence-electron chi connectivity index (χ0n) is 13.6. The predicted octanol–water partition coefficient (Wildman–Crippen LogP) is 3.56. The number of carbonyl (C=O) groups is 2. The largest absolute Gasteiger partial charge is 0.493 e. The van der Waals surface area contributed by atoms with Crippen LogP contribution in [0, 0.1) is 5.92 Å². The molecule has 0 saturated carbocycles. The SMILES string of the molecule is CNc1ccc(C(=O)c2ccc(OCC(C)C(C)=O)cc2)cc1. The number of ether oxygens (including phenoxy) is 1. The van der Waals surface area contributed by atoms with E-state index in [0.717, 1.165) is 5.69 Å². The van der Waals surface area contributed by atoms with E-state index < -0.39 is 0 Å². The molecule has 4 nitrogen and oxygen atoms in total. The minimum Gasteiger partial charge on any atom is -0.493 e. The summed E-state index contributed by atoms with van der Waals surface area (Å²) in [7, 11) is 1.84. The van der Waals surface area contributed by atoms with Gasteiger partial charge in [-0.15, -0.1) is 0 Å². The lowest BCUT2D eigenvalue weighted by molar-refractivity contribution is -0.121. The van der Waals surface area contributed by atoms with E-state index in [2.05, 4.69) is 5.32 Å². The van der Waals surface area contributed by atoms with Gasteiger partial charge >= 0.3 is 0 Å². The third-order valence-electron chi connectivity index (χ3n) is 3.75. The standard InChI is InChI=1S/C19H21NO3/c1-13(14(2)21)12-23-18-10-6-16(7-11-18)19(22)15-4-8-17(20-3)9-5-15/h4-11,13,20H,12H2,1-3H3. The topological polar surface area (TPSA) is 55.4 Å². The maximum atomic E-state index is 12.4. The molecule has 2 aromatic carbocycles. The monoisotopic (exact) mass is 311 g/mol. The van der Waals surface area contributed by atoms with Gasteiger partial charge in [0, 0.05) is 29.8 Å². The highest BCUT2D eigenvalue weighted by atomic mass is 16.5. The lowest BCUT2D eigenvalue weighted by Gasteiger charge is -2.10. The fourth-order valence-corrected chi connectivity index (χ4v) is 2.00. The number of hydrogen-bond acceptors (Lipinski definition) is 4. The Balaban J connectivity index is 2.03. The second-order valence-corrected chi connectivity index (χ2v) is 5.50. The Hall–Kier alpha value is -2.62. The van der Waals surface area contributed by atoms with Crippen LogP contribution in [0.15, 0.2) is 48.5 Å². The van der Waals surface area contributed by atoms with Crippen LogP contribution < -0.4 is 10.1 Å². The van der Waals surface area contributed by atoms with E-state index in [9.17, 15) is 9.59 Å². The first kappa shape index (κ1) is 16.7. The third-order valence-corrected chi connectivity index (χ3v) is 3.75. The molecule has 0 aliphatic rings. The van der Waals surface area contributed by atoms with E-state index in [-0.39, 0.29) is 17.5 Å². The van der Waals surface area contributed by atoms with Crippen molar-refractivity contribution in [1.29, 1.82) is 0 Å². The molecule has 0 fully saturated rings. The Kier molecular flexibility index (Phi) is 5.52. The van der Waals surface area contributed by atoms with Crippen LogP contribution in [0.1, 0.15) is 29.8 Å². The molecular formula is C19H21NO3. The van der Waals surface area contributed by atoms with E-state index in [0.29, 0.717) is 23.5 Å². The number of benzene rings is 2. The molecule has 0 amide bonds. The Labute approximate surface area is 136 Å². The summed E-state index contributed by atoms with van der Waals surface area (Å²) in [4.78, 5) is 23.6. The molecule has 0 radical (unpaired) electrons. The molecule has 0 aliphatic carbocycles. The van der Waals surface area contributed by atoms with Crippen molar-refractivity contribution in [3.63, 3.8) is 0 Å². The maximum Gasteiger partial charge on any atom is 0.193 e. The minimum absolute atomic E-state index is 0.0312. The summed E-state index contributed by atoms with van der Waals surface area (Å²) in [5, 5.41) is 3.02. The molecule has 2 rings (SSSR count). The van der Waals surface area contributed by atoms with E-state index in [1.807, 2.05) is 26.1 Å². The van der Waals surface area contributed by atoms with Gasteiger partial charge in [-0.2, -0.15) is 0 Å². The normalized spacial score (nSPS) is 11.6. The zero-order chi connectivity index (χ0) is 16.8. The van der Waals surface area contributed by atoms with Gasteiger partial charge in [-0.05, 0) is 55.5 Å². The van der Waals surface area contributed by atoms with Crippen LogP contribution in [0.3, 0.4) is 0 Å². The molecule has 0 spiro atoms. The summed E-state index contributed by atoms with van der Waals surface area (Å²) < 4.78 is 5.56. The number of nitrogens with one attached hydrogen (secondary N) is 1. The number of ketones is 2. The quantitative estimate of drug-likeness (QED) is 0.794. The second kappa shape index (κ2) is 7.58. The van der Waals surface area contributed by atoms with Gasteiger partial charge in [0.1, 0.15) is 11.5 Å². The minimum atomic E-state index is -0.137. The van der Waals surface area contributed by atoms with Gasteiger partial charge in [0.05, 0.1) is 6.61 Å². The average molecular weight is 311 g/mol. The Morgan fingerprint density at radius 3 is 2.00 bits per heavy atom.